The van der Waals surface area contributed by atoms with Crippen LogP contribution < -0.4 is 0 Å². The molecule has 0 N–H and O–H groups in total. The highest BCUT2D eigenvalue weighted by Crippen LogP contribution is 2.37. The van der Waals surface area contributed by atoms with Crippen molar-refractivity contribution in [1.82, 2.24) is 9.38 Å². The fourth-order valence-electron chi connectivity index (χ4n) is 5.78. The first-order chi connectivity index (χ1) is 20.7. The maximum absolute atomic E-state index is 5.19. The Labute approximate surface area is 246 Å². The average molecular weight is 539 g/mol. The minimum atomic E-state index is 0.961. The lowest BCUT2D eigenvalue weighted by atomic mass is 9.94. The summed E-state index contributed by atoms with van der Waals surface area (Å²) in [7, 11) is 0. The Morgan fingerprint density at radius 1 is 0.667 bits per heavy atom. The van der Waals surface area contributed by atoms with Crippen LogP contribution in [0.15, 0.2) is 158 Å². The Kier molecular flexibility index (Phi) is 6.58. The summed E-state index contributed by atoms with van der Waals surface area (Å²) in [4.78, 5) is 5.19. The van der Waals surface area contributed by atoms with Crippen molar-refractivity contribution < 1.29 is 0 Å². The van der Waals surface area contributed by atoms with Gasteiger partial charge in [-0.1, -0.05) is 122 Å². The minimum absolute atomic E-state index is 0.961. The van der Waals surface area contributed by atoms with Gasteiger partial charge in [0.1, 0.15) is 5.65 Å². The van der Waals surface area contributed by atoms with Crippen LogP contribution in [0.1, 0.15) is 12.5 Å². The third-order valence-corrected chi connectivity index (χ3v) is 7.85. The van der Waals surface area contributed by atoms with Gasteiger partial charge in [0.25, 0.3) is 0 Å². The molecule has 0 atom stereocenters. The Balaban J connectivity index is 1.57. The van der Waals surface area contributed by atoms with Gasteiger partial charge in [0.2, 0.25) is 0 Å². The van der Waals surface area contributed by atoms with Crippen molar-refractivity contribution >= 4 is 33.0 Å². The van der Waals surface area contributed by atoms with E-state index in [0.717, 1.165) is 50.0 Å². The van der Waals surface area contributed by atoms with E-state index >= 15 is 0 Å². The van der Waals surface area contributed by atoms with Crippen LogP contribution in [0.5, 0.6) is 0 Å². The van der Waals surface area contributed by atoms with E-state index in [1.165, 1.54) is 22.1 Å². The molecule has 2 aromatic heterocycles. The first-order valence-corrected chi connectivity index (χ1v) is 14.3. The maximum Gasteiger partial charge on any atom is 0.146 e. The van der Waals surface area contributed by atoms with Crippen molar-refractivity contribution in [3.63, 3.8) is 0 Å². The molecule has 0 aliphatic heterocycles. The minimum Gasteiger partial charge on any atom is -0.292 e. The molecule has 2 heterocycles. The SMILES string of the molecule is C=CC(=CC=CC)c1cc(-c2ccccc2)cc(-c2cc3ccccc3c3nc4ccc(-c5ccccc5)cc4n23)c1. The van der Waals surface area contributed by atoms with Gasteiger partial charge in [-0.2, -0.15) is 0 Å². The molecule has 5 aromatic carbocycles. The smallest absolute Gasteiger partial charge is 0.146 e. The van der Waals surface area contributed by atoms with Gasteiger partial charge in [0.05, 0.1) is 16.7 Å². The fraction of sp³-hybridized carbons (Fsp3) is 0.0250. The van der Waals surface area contributed by atoms with Gasteiger partial charge in [0.15, 0.2) is 0 Å². The molecule has 0 saturated heterocycles. The Morgan fingerprint density at radius 2 is 1.36 bits per heavy atom. The molecule has 200 valence electrons. The van der Waals surface area contributed by atoms with E-state index in [1.807, 2.05) is 19.1 Å². The summed E-state index contributed by atoms with van der Waals surface area (Å²) in [5.74, 6) is 0. The molecule has 0 fully saturated rings. The van der Waals surface area contributed by atoms with Crippen LogP contribution in [0.4, 0.5) is 0 Å². The monoisotopic (exact) mass is 538 g/mol. The van der Waals surface area contributed by atoms with Gasteiger partial charge in [-0.25, -0.2) is 4.98 Å². The van der Waals surface area contributed by atoms with Crippen LogP contribution >= 0.6 is 0 Å². The van der Waals surface area contributed by atoms with Gasteiger partial charge in [-0.15, -0.1) is 0 Å². The molecule has 42 heavy (non-hydrogen) atoms. The predicted molar refractivity (Wildman–Crippen MR) is 179 cm³/mol. The Bertz CT molecular complexity index is 2150. The summed E-state index contributed by atoms with van der Waals surface area (Å²) in [5.41, 5.74) is 12.1. The van der Waals surface area contributed by atoms with Crippen LogP contribution in [-0.2, 0) is 0 Å². The highest BCUT2D eigenvalue weighted by Gasteiger charge is 2.16. The zero-order valence-electron chi connectivity index (χ0n) is 23.5. The first-order valence-electron chi connectivity index (χ1n) is 14.3. The molecular weight excluding hydrogens is 508 g/mol. The van der Waals surface area contributed by atoms with Crippen LogP contribution in [0.3, 0.4) is 0 Å². The van der Waals surface area contributed by atoms with Crippen molar-refractivity contribution in [2.75, 3.05) is 0 Å². The van der Waals surface area contributed by atoms with Gasteiger partial charge < -0.3 is 0 Å². The number of aromatic nitrogens is 2. The van der Waals surface area contributed by atoms with E-state index in [-0.39, 0.29) is 0 Å². The molecule has 0 saturated carbocycles. The summed E-state index contributed by atoms with van der Waals surface area (Å²) in [6.07, 6.45) is 8.16. The molecule has 0 spiro atoms. The summed E-state index contributed by atoms with van der Waals surface area (Å²) in [5, 5.41) is 2.30. The number of fused-ring (bicyclic) bond motifs is 5. The molecule has 2 nitrogen and oxygen atoms in total. The highest BCUT2D eigenvalue weighted by molar-refractivity contribution is 6.02. The largest absolute Gasteiger partial charge is 0.292 e. The normalized spacial score (nSPS) is 12.1. The molecule has 7 rings (SSSR count). The molecule has 0 unspecified atom stereocenters. The van der Waals surface area contributed by atoms with Gasteiger partial charge in [0, 0.05) is 5.39 Å². The standard InChI is InChI=1S/C40H30N2/c1-3-5-14-28(4-2)33-23-34(30-17-10-7-11-18-30)25-35(24-33)38-27-32-19-12-13-20-36(32)40-41-37-22-21-31(26-39(37)42(38)40)29-15-8-6-9-16-29/h3-27H,2H2,1H3. The van der Waals surface area contributed by atoms with Crippen molar-refractivity contribution in [3.8, 4) is 33.5 Å². The highest BCUT2D eigenvalue weighted by atomic mass is 15.0. The van der Waals surface area contributed by atoms with Crippen LogP contribution in [0.2, 0.25) is 0 Å². The van der Waals surface area contributed by atoms with E-state index < -0.39 is 0 Å². The molecule has 0 aliphatic carbocycles. The number of rotatable bonds is 6. The van der Waals surface area contributed by atoms with E-state index in [9.17, 15) is 0 Å². The van der Waals surface area contributed by atoms with Crippen LogP contribution in [0.25, 0.3) is 66.5 Å². The van der Waals surface area contributed by atoms with Crippen molar-refractivity contribution in [2.24, 2.45) is 0 Å². The summed E-state index contributed by atoms with van der Waals surface area (Å²) >= 11 is 0. The second kappa shape index (κ2) is 10.8. The lowest BCUT2D eigenvalue weighted by Gasteiger charge is -2.15. The number of nitrogens with zero attached hydrogens (tertiary/aromatic N) is 2. The van der Waals surface area contributed by atoms with E-state index in [4.69, 9.17) is 4.98 Å². The van der Waals surface area contributed by atoms with E-state index in [0.29, 0.717) is 0 Å². The predicted octanol–water partition coefficient (Wildman–Crippen LogP) is 10.8. The third kappa shape index (κ3) is 4.53. The number of hydrogen-bond acceptors (Lipinski definition) is 1. The second-order valence-corrected chi connectivity index (χ2v) is 10.5. The summed E-state index contributed by atoms with van der Waals surface area (Å²) < 4.78 is 2.33. The molecule has 0 amide bonds. The van der Waals surface area contributed by atoms with Crippen molar-refractivity contribution in [2.45, 2.75) is 6.92 Å². The molecule has 0 radical (unpaired) electrons. The average Bonchev–Trinajstić information content (AvgIpc) is 3.45. The maximum atomic E-state index is 5.19. The Morgan fingerprint density at radius 3 is 2.10 bits per heavy atom. The molecular formula is C40H30N2. The van der Waals surface area contributed by atoms with E-state index in [2.05, 4.69) is 151 Å². The van der Waals surface area contributed by atoms with E-state index in [1.54, 1.807) is 0 Å². The Hall–Kier alpha value is -5.47. The number of hydrogen-bond donors (Lipinski definition) is 0. The molecule has 2 heteroatoms. The van der Waals surface area contributed by atoms with Crippen molar-refractivity contribution in [3.05, 3.63) is 164 Å². The van der Waals surface area contributed by atoms with Gasteiger partial charge in [-0.05, 0) is 87.7 Å². The summed E-state index contributed by atoms with van der Waals surface area (Å²) in [6.45, 7) is 6.17. The van der Waals surface area contributed by atoms with Crippen LogP contribution in [0, 0.1) is 0 Å². The lowest BCUT2D eigenvalue weighted by Crippen LogP contribution is -1.96. The summed E-state index contributed by atoms with van der Waals surface area (Å²) in [6, 6.07) is 45.4. The molecule has 0 bridgehead atoms. The van der Waals surface area contributed by atoms with Gasteiger partial charge in [-0.3, -0.25) is 4.40 Å². The zero-order chi connectivity index (χ0) is 28.5. The fourth-order valence-corrected chi connectivity index (χ4v) is 5.78. The second-order valence-electron chi connectivity index (χ2n) is 10.5. The zero-order valence-corrected chi connectivity index (χ0v) is 23.5. The third-order valence-electron chi connectivity index (χ3n) is 7.85. The number of pyridine rings is 1. The quantitative estimate of drug-likeness (QED) is 0.193. The van der Waals surface area contributed by atoms with Crippen LogP contribution in [-0.4, -0.2) is 9.38 Å². The molecule has 7 aromatic rings. The van der Waals surface area contributed by atoms with Crippen molar-refractivity contribution in [1.29, 1.82) is 0 Å². The number of imidazole rings is 1. The number of allylic oxidation sites excluding steroid dienone is 5. The molecule has 0 aliphatic rings. The first kappa shape index (κ1) is 25.5. The topological polar surface area (TPSA) is 17.3 Å². The lowest BCUT2D eigenvalue weighted by molar-refractivity contribution is 1.25. The number of benzene rings is 5. The van der Waals surface area contributed by atoms with Gasteiger partial charge >= 0.3 is 0 Å².